The average Bonchev–Trinajstić information content (AvgIpc) is 2.22. The molecule has 1 aromatic rings. The fourth-order valence-electron chi connectivity index (χ4n) is 0.859. The number of benzene rings is 1. The van der Waals surface area contributed by atoms with Crippen molar-refractivity contribution in [1.29, 1.82) is 0 Å². The molecule has 82 valence electrons. The molecule has 0 aromatic heterocycles. The van der Waals surface area contributed by atoms with Gasteiger partial charge in [-0.15, -0.1) is 0 Å². The minimum atomic E-state index is -0.460. The highest BCUT2D eigenvalue weighted by atomic mass is 127. The largest absolute Gasteiger partial charge is 0.345 e. The van der Waals surface area contributed by atoms with Gasteiger partial charge in [0.15, 0.2) is 0 Å². The Hall–Kier alpha value is -0.890. The fourth-order valence-corrected chi connectivity index (χ4v) is 1.19. The lowest BCUT2D eigenvalue weighted by Crippen LogP contribution is -2.30. The molecule has 0 heterocycles. The van der Waals surface area contributed by atoms with Crippen LogP contribution >= 0.6 is 22.6 Å². The number of hydrogen-bond donors (Lipinski definition) is 1. The first-order valence-corrected chi connectivity index (χ1v) is 5.16. The van der Waals surface area contributed by atoms with Crippen LogP contribution < -0.4 is 5.32 Å². The van der Waals surface area contributed by atoms with E-state index in [0.29, 0.717) is 9.26 Å². The number of hydroxylamine groups is 2. The highest BCUT2D eigenvalue weighted by molar-refractivity contribution is 14.1. The van der Waals surface area contributed by atoms with Crippen molar-refractivity contribution >= 4 is 34.3 Å². The lowest BCUT2D eigenvalue weighted by atomic mass is 10.3. The molecule has 0 atom stereocenters. The van der Waals surface area contributed by atoms with Crippen LogP contribution in [0.2, 0.25) is 0 Å². The number of carbonyl (C=O) groups is 1. The summed E-state index contributed by atoms with van der Waals surface area (Å²) in [5.41, 5.74) is 0.391. The molecule has 0 spiro atoms. The van der Waals surface area contributed by atoms with Crippen LogP contribution in [-0.2, 0) is 4.84 Å². The van der Waals surface area contributed by atoms with Crippen LogP contribution in [0.3, 0.4) is 0 Å². The van der Waals surface area contributed by atoms with Gasteiger partial charge >= 0.3 is 6.03 Å². The Labute approximate surface area is 100 Å². The predicted octanol–water partition coefficient (Wildman–Crippen LogP) is 2.46. The third-order valence-electron chi connectivity index (χ3n) is 1.73. The van der Waals surface area contributed by atoms with E-state index < -0.39 is 6.03 Å². The Balaban J connectivity index is 2.73. The Morgan fingerprint density at radius 2 is 2.27 bits per heavy atom. The molecule has 0 saturated carbocycles. The van der Waals surface area contributed by atoms with Crippen molar-refractivity contribution in [3.8, 4) is 0 Å². The van der Waals surface area contributed by atoms with E-state index in [2.05, 4.69) is 10.2 Å². The van der Waals surface area contributed by atoms with Gasteiger partial charge < -0.3 is 5.32 Å². The summed E-state index contributed by atoms with van der Waals surface area (Å²) < 4.78 is 13.6. The van der Waals surface area contributed by atoms with Crippen LogP contribution in [0.5, 0.6) is 0 Å². The molecule has 1 rings (SSSR count). The zero-order chi connectivity index (χ0) is 11.4. The number of carbonyl (C=O) groups excluding carboxylic acids is 1. The second-order valence-electron chi connectivity index (χ2n) is 2.74. The van der Waals surface area contributed by atoms with Gasteiger partial charge in [0, 0.05) is 16.3 Å². The van der Waals surface area contributed by atoms with Gasteiger partial charge in [0.05, 0.1) is 7.11 Å². The molecule has 0 radical (unpaired) electrons. The van der Waals surface area contributed by atoms with Gasteiger partial charge in [-0.1, -0.05) is 0 Å². The SMILES string of the molecule is CON(C)C(=O)Nc1ccc(I)c(F)c1. The maximum atomic E-state index is 13.1. The molecule has 0 fully saturated rings. The van der Waals surface area contributed by atoms with Gasteiger partial charge in [-0.3, -0.25) is 4.84 Å². The van der Waals surface area contributed by atoms with E-state index in [9.17, 15) is 9.18 Å². The highest BCUT2D eigenvalue weighted by Crippen LogP contribution is 2.16. The summed E-state index contributed by atoms with van der Waals surface area (Å²) in [5, 5.41) is 3.49. The van der Waals surface area contributed by atoms with Gasteiger partial charge in [0.2, 0.25) is 0 Å². The van der Waals surface area contributed by atoms with E-state index in [1.54, 1.807) is 12.1 Å². The molecule has 1 N–H and O–H groups in total. The smallest absolute Gasteiger partial charge is 0.306 e. The standard InChI is InChI=1S/C9H10FIN2O2/c1-13(15-2)9(14)12-6-3-4-8(11)7(10)5-6/h3-5H,1-2H3,(H,12,14). The number of anilines is 1. The molecule has 0 aliphatic heterocycles. The van der Waals surface area contributed by atoms with E-state index in [0.717, 1.165) is 5.06 Å². The third kappa shape index (κ3) is 3.31. The Morgan fingerprint density at radius 1 is 1.60 bits per heavy atom. The van der Waals surface area contributed by atoms with Crippen LogP contribution in [0.25, 0.3) is 0 Å². The molecular formula is C9H10FIN2O2. The fraction of sp³-hybridized carbons (Fsp3) is 0.222. The first-order chi connectivity index (χ1) is 7.04. The summed E-state index contributed by atoms with van der Waals surface area (Å²) in [5.74, 6) is -0.367. The second kappa shape index (κ2) is 5.26. The van der Waals surface area contributed by atoms with Crippen molar-refractivity contribution < 1.29 is 14.0 Å². The number of halogens is 2. The molecule has 15 heavy (non-hydrogen) atoms. The van der Waals surface area contributed by atoms with Crippen molar-refractivity contribution in [1.82, 2.24) is 5.06 Å². The minimum absolute atomic E-state index is 0.367. The van der Waals surface area contributed by atoms with Crippen molar-refractivity contribution in [2.75, 3.05) is 19.5 Å². The summed E-state index contributed by atoms with van der Waals surface area (Å²) in [6, 6.07) is 3.99. The molecule has 0 aliphatic carbocycles. The molecular weight excluding hydrogens is 314 g/mol. The summed E-state index contributed by atoms with van der Waals surface area (Å²) in [4.78, 5) is 16.0. The topological polar surface area (TPSA) is 41.6 Å². The van der Waals surface area contributed by atoms with E-state index >= 15 is 0 Å². The van der Waals surface area contributed by atoms with Gasteiger partial charge in [-0.25, -0.2) is 14.2 Å². The van der Waals surface area contributed by atoms with E-state index in [-0.39, 0.29) is 5.82 Å². The first kappa shape index (κ1) is 12.2. The van der Waals surface area contributed by atoms with Crippen LogP contribution in [-0.4, -0.2) is 25.3 Å². The number of urea groups is 1. The van der Waals surface area contributed by atoms with Crippen molar-refractivity contribution in [3.63, 3.8) is 0 Å². The van der Waals surface area contributed by atoms with Crippen LogP contribution in [0.4, 0.5) is 14.9 Å². The molecule has 6 heteroatoms. The van der Waals surface area contributed by atoms with Gasteiger partial charge in [0.1, 0.15) is 5.82 Å². The Bertz CT molecular complexity index is 373. The van der Waals surface area contributed by atoms with Gasteiger partial charge in [-0.2, -0.15) is 0 Å². The molecule has 0 unspecified atom stereocenters. The number of rotatable bonds is 2. The van der Waals surface area contributed by atoms with Gasteiger partial charge in [-0.05, 0) is 40.8 Å². The Morgan fingerprint density at radius 3 is 2.80 bits per heavy atom. The van der Waals surface area contributed by atoms with E-state index in [1.807, 2.05) is 22.6 Å². The van der Waals surface area contributed by atoms with Crippen molar-refractivity contribution in [2.24, 2.45) is 0 Å². The van der Waals surface area contributed by atoms with Crippen LogP contribution in [0.15, 0.2) is 18.2 Å². The summed E-state index contributed by atoms with van der Waals surface area (Å²) in [6.07, 6.45) is 0. The molecule has 0 bridgehead atoms. The highest BCUT2D eigenvalue weighted by Gasteiger charge is 2.08. The normalized spacial score (nSPS) is 9.87. The molecule has 1 aromatic carbocycles. The zero-order valence-corrected chi connectivity index (χ0v) is 10.4. The maximum Gasteiger partial charge on any atom is 0.345 e. The lowest BCUT2D eigenvalue weighted by molar-refractivity contribution is -0.0598. The van der Waals surface area contributed by atoms with E-state index in [1.165, 1.54) is 20.2 Å². The number of nitrogens with zero attached hydrogens (tertiary/aromatic N) is 1. The number of amides is 2. The van der Waals surface area contributed by atoms with Crippen molar-refractivity contribution in [2.45, 2.75) is 0 Å². The number of nitrogens with one attached hydrogen (secondary N) is 1. The van der Waals surface area contributed by atoms with Crippen molar-refractivity contribution in [3.05, 3.63) is 27.6 Å². The van der Waals surface area contributed by atoms with Crippen LogP contribution in [0, 0.1) is 9.39 Å². The molecule has 0 aliphatic rings. The number of hydrogen-bond acceptors (Lipinski definition) is 2. The molecule has 2 amide bonds. The Kier molecular flexibility index (Phi) is 4.28. The lowest BCUT2D eigenvalue weighted by Gasteiger charge is -2.14. The second-order valence-corrected chi connectivity index (χ2v) is 3.90. The first-order valence-electron chi connectivity index (χ1n) is 4.08. The maximum absolute atomic E-state index is 13.1. The summed E-state index contributed by atoms with van der Waals surface area (Å²) >= 11 is 1.87. The summed E-state index contributed by atoms with van der Waals surface area (Å²) in [7, 11) is 2.83. The van der Waals surface area contributed by atoms with Crippen LogP contribution in [0.1, 0.15) is 0 Å². The minimum Gasteiger partial charge on any atom is -0.306 e. The monoisotopic (exact) mass is 324 g/mol. The zero-order valence-electron chi connectivity index (χ0n) is 8.25. The molecule has 4 nitrogen and oxygen atoms in total. The predicted molar refractivity (Wildman–Crippen MR) is 62.9 cm³/mol. The third-order valence-corrected chi connectivity index (χ3v) is 2.61. The average molecular weight is 324 g/mol. The van der Waals surface area contributed by atoms with E-state index in [4.69, 9.17) is 0 Å². The quantitative estimate of drug-likeness (QED) is 0.671. The summed E-state index contributed by atoms with van der Waals surface area (Å²) in [6.45, 7) is 0. The van der Waals surface area contributed by atoms with Gasteiger partial charge in [0.25, 0.3) is 0 Å². The molecule has 0 saturated heterocycles.